The Morgan fingerprint density at radius 3 is 2.48 bits per heavy atom. The van der Waals surface area contributed by atoms with Crippen LogP contribution >= 0.6 is 11.6 Å². The van der Waals surface area contributed by atoms with Gasteiger partial charge < -0.3 is 14.4 Å². The number of carbonyl (C=O) groups excluding carboxylic acids is 3. The van der Waals surface area contributed by atoms with Gasteiger partial charge in [0.05, 0.1) is 6.61 Å². The van der Waals surface area contributed by atoms with Crippen LogP contribution < -0.4 is 0 Å². The monoisotopic (exact) mass is 319 g/mol. The Hall–Kier alpha value is -1.30. The van der Waals surface area contributed by atoms with Crippen LogP contribution in [0.5, 0.6) is 0 Å². The summed E-state index contributed by atoms with van der Waals surface area (Å²) in [5, 5.41) is 0. The van der Waals surface area contributed by atoms with Crippen LogP contribution in [0.2, 0.25) is 0 Å². The number of nitrogens with zero attached hydrogens (tertiary/aromatic N) is 1. The van der Waals surface area contributed by atoms with E-state index in [1.54, 1.807) is 27.7 Å². The molecule has 0 N–H and O–H groups in total. The minimum atomic E-state index is -1.70. The van der Waals surface area contributed by atoms with Gasteiger partial charge in [-0.2, -0.15) is 0 Å². The molecule has 1 fully saturated rings. The van der Waals surface area contributed by atoms with E-state index in [-0.39, 0.29) is 32.5 Å². The van der Waals surface area contributed by atoms with Crippen molar-refractivity contribution in [2.45, 2.75) is 51.0 Å². The van der Waals surface area contributed by atoms with Crippen molar-refractivity contribution in [3.8, 4) is 0 Å². The van der Waals surface area contributed by atoms with Crippen LogP contribution in [0, 0.1) is 0 Å². The van der Waals surface area contributed by atoms with Gasteiger partial charge in [0.2, 0.25) is 4.87 Å². The zero-order valence-electron chi connectivity index (χ0n) is 12.9. The minimum Gasteiger partial charge on any atom is -0.464 e. The normalized spacial score (nSPS) is 23.5. The number of ether oxygens (including phenoxy) is 2. The first-order valence-corrected chi connectivity index (χ1v) is 7.35. The smallest absolute Gasteiger partial charge is 0.410 e. The number of hydrogen-bond acceptors (Lipinski definition) is 5. The molecule has 1 amide bonds. The van der Waals surface area contributed by atoms with Crippen LogP contribution in [0.25, 0.3) is 0 Å². The molecule has 1 unspecified atom stereocenters. The van der Waals surface area contributed by atoms with Crippen molar-refractivity contribution < 1.29 is 23.9 Å². The fourth-order valence-electron chi connectivity index (χ4n) is 1.95. The molecule has 1 rings (SSSR count). The number of likely N-dealkylation sites (tertiary alicyclic amines) is 1. The maximum atomic E-state index is 12.1. The molecule has 7 heteroatoms. The Morgan fingerprint density at radius 2 is 1.95 bits per heavy atom. The van der Waals surface area contributed by atoms with Crippen LogP contribution in [0.4, 0.5) is 4.79 Å². The molecule has 0 aromatic carbocycles. The van der Waals surface area contributed by atoms with E-state index >= 15 is 0 Å². The second-order valence-corrected chi connectivity index (χ2v) is 6.56. The molecule has 0 saturated carbocycles. The van der Waals surface area contributed by atoms with Crippen LogP contribution in [0.15, 0.2) is 0 Å². The summed E-state index contributed by atoms with van der Waals surface area (Å²) in [6.45, 7) is 7.43. The summed E-state index contributed by atoms with van der Waals surface area (Å²) in [4.78, 5) is 35.7. The molecular weight excluding hydrogens is 298 g/mol. The first-order valence-electron chi connectivity index (χ1n) is 6.97. The van der Waals surface area contributed by atoms with Gasteiger partial charge in [-0.25, -0.2) is 9.59 Å². The highest BCUT2D eigenvalue weighted by atomic mass is 35.5. The second-order valence-electron chi connectivity index (χ2n) is 5.91. The molecule has 0 aromatic heterocycles. The number of esters is 1. The summed E-state index contributed by atoms with van der Waals surface area (Å²) in [7, 11) is 0. The van der Waals surface area contributed by atoms with Gasteiger partial charge >= 0.3 is 12.1 Å². The number of rotatable bonds is 2. The predicted molar refractivity (Wildman–Crippen MR) is 77.3 cm³/mol. The van der Waals surface area contributed by atoms with Crippen LogP contribution in [-0.2, 0) is 19.1 Å². The summed E-state index contributed by atoms with van der Waals surface area (Å²) in [5.41, 5.74) is -0.618. The van der Waals surface area contributed by atoms with Crippen molar-refractivity contribution in [1.82, 2.24) is 4.90 Å². The van der Waals surface area contributed by atoms with Gasteiger partial charge in [0.15, 0.2) is 5.78 Å². The third-order valence-corrected chi connectivity index (χ3v) is 3.58. The highest BCUT2D eigenvalue weighted by Crippen LogP contribution is 2.28. The van der Waals surface area contributed by atoms with E-state index < -0.39 is 28.3 Å². The van der Waals surface area contributed by atoms with Gasteiger partial charge in [-0.05, 0) is 27.7 Å². The Bertz CT molecular complexity index is 432. The molecular formula is C14H22ClNO5. The minimum absolute atomic E-state index is 0.00154. The van der Waals surface area contributed by atoms with Crippen molar-refractivity contribution in [2.24, 2.45) is 0 Å². The van der Waals surface area contributed by atoms with Gasteiger partial charge in [-0.3, -0.25) is 4.79 Å². The predicted octanol–water partition coefficient (Wildman–Crippen LogP) is 2.13. The lowest BCUT2D eigenvalue weighted by Gasteiger charge is -2.26. The molecule has 120 valence electrons. The van der Waals surface area contributed by atoms with Crippen LogP contribution in [0.1, 0.15) is 40.5 Å². The first kappa shape index (κ1) is 17.8. The van der Waals surface area contributed by atoms with Gasteiger partial charge in [0.1, 0.15) is 5.60 Å². The maximum absolute atomic E-state index is 12.1. The molecule has 1 aliphatic heterocycles. The summed E-state index contributed by atoms with van der Waals surface area (Å²) < 4.78 is 10.1. The molecule has 0 spiro atoms. The molecule has 1 saturated heterocycles. The molecule has 1 atom stereocenters. The molecule has 21 heavy (non-hydrogen) atoms. The molecule has 1 aliphatic rings. The number of Topliss-reactive ketones (excluding diaryl/α,β-unsaturated/α-hetero) is 1. The van der Waals surface area contributed by atoms with E-state index in [0.717, 1.165) is 0 Å². The van der Waals surface area contributed by atoms with Gasteiger partial charge in [-0.15, -0.1) is 0 Å². The topological polar surface area (TPSA) is 72.9 Å². The molecule has 0 aliphatic carbocycles. The zero-order chi connectivity index (χ0) is 16.3. The Balaban J connectivity index is 2.78. The average Bonchev–Trinajstić information content (AvgIpc) is 2.49. The summed E-state index contributed by atoms with van der Waals surface area (Å²) in [5.74, 6) is -1.17. The number of halogens is 1. The van der Waals surface area contributed by atoms with E-state index in [2.05, 4.69) is 0 Å². The molecule has 1 heterocycles. The molecule has 0 bridgehead atoms. The number of ketones is 1. The number of amides is 1. The standard InChI is InChI=1S/C14H22ClNO5/c1-5-20-11(18)14(15)7-9-16(8-6-10(14)17)12(19)21-13(2,3)4/h5-9H2,1-4H3. The Kier molecular flexibility index (Phi) is 5.61. The third kappa shape index (κ3) is 4.59. The van der Waals surface area contributed by atoms with Gasteiger partial charge in [0.25, 0.3) is 0 Å². The van der Waals surface area contributed by atoms with E-state index in [9.17, 15) is 14.4 Å². The second kappa shape index (κ2) is 6.64. The van der Waals surface area contributed by atoms with Crippen molar-refractivity contribution in [2.75, 3.05) is 19.7 Å². The molecule has 0 aromatic rings. The SMILES string of the molecule is CCOC(=O)C1(Cl)CCN(C(=O)OC(C)(C)C)CCC1=O. The highest BCUT2D eigenvalue weighted by molar-refractivity contribution is 6.45. The molecule has 0 radical (unpaired) electrons. The Morgan fingerprint density at radius 1 is 1.33 bits per heavy atom. The lowest BCUT2D eigenvalue weighted by molar-refractivity contribution is -0.149. The number of alkyl halides is 1. The zero-order valence-corrected chi connectivity index (χ0v) is 13.7. The first-order chi connectivity index (χ1) is 9.60. The van der Waals surface area contributed by atoms with Crippen LogP contribution in [0.3, 0.4) is 0 Å². The van der Waals surface area contributed by atoms with Crippen molar-refractivity contribution in [3.63, 3.8) is 0 Å². The fourth-order valence-corrected chi connectivity index (χ4v) is 2.18. The van der Waals surface area contributed by atoms with Gasteiger partial charge in [0, 0.05) is 25.9 Å². The van der Waals surface area contributed by atoms with Gasteiger partial charge in [-0.1, -0.05) is 11.6 Å². The Labute approximate surface area is 129 Å². The summed E-state index contributed by atoms with van der Waals surface area (Å²) >= 11 is 6.16. The quantitative estimate of drug-likeness (QED) is 0.443. The van der Waals surface area contributed by atoms with Crippen LogP contribution in [-0.4, -0.2) is 52.9 Å². The maximum Gasteiger partial charge on any atom is 0.410 e. The van der Waals surface area contributed by atoms with Crippen molar-refractivity contribution in [1.29, 1.82) is 0 Å². The average molecular weight is 320 g/mol. The summed E-state index contributed by atoms with van der Waals surface area (Å²) in [6, 6.07) is 0. The fraction of sp³-hybridized carbons (Fsp3) is 0.786. The van der Waals surface area contributed by atoms with E-state index in [4.69, 9.17) is 21.1 Å². The molecule has 6 nitrogen and oxygen atoms in total. The number of hydrogen-bond donors (Lipinski definition) is 0. The third-order valence-electron chi connectivity index (χ3n) is 3.03. The van der Waals surface area contributed by atoms with Crippen molar-refractivity contribution >= 4 is 29.4 Å². The largest absolute Gasteiger partial charge is 0.464 e. The van der Waals surface area contributed by atoms with E-state index in [1.165, 1.54) is 4.90 Å². The highest BCUT2D eigenvalue weighted by Gasteiger charge is 2.47. The van der Waals surface area contributed by atoms with E-state index in [1.807, 2.05) is 0 Å². The lowest BCUT2D eigenvalue weighted by Crippen LogP contribution is -2.43. The lowest BCUT2D eigenvalue weighted by atomic mass is 9.98. The summed E-state index contributed by atoms with van der Waals surface area (Å²) in [6.07, 6.45) is -0.493. The van der Waals surface area contributed by atoms with E-state index in [0.29, 0.717) is 0 Å². The van der Waals surface area contributed by atoms with Crippen molar-refractivity contribution in [3.05, 3.63) is 0 Å². The number of carbonyl (C=O) groups is 3.